The quantitative estimate of drug-likeness (QED) is 0.115. The average Bonchev–Trinajstić information content (AvgIpc) is 3.11. The Hall–Kier alpha value is -3.99. The number of rotatable bonds is 12. The molecule has 0 saturated heterocycles. The number of fused-ring (bicyclic) bond motifs is 1. The minimum Gasteiger partial charge on any atom is -0.426 e. The normalized spacial score (nSPS) is 14.9. The fourth-order valence-electron chi connectivity index (χ4n) is 6.47. The van der Waals surface area contributed by atoms with Gasteiger partial charge in [0.05, 0.1) is 11.8 Å². The molecule has 4 aromatic carbocycles. The molecule has 4 aromatic rings. The number of halogens is 1. The van der Waals surface area contributed by atoms with Crippen LogP contribution in [0.5, 0.6) is 11.5 Å². The van der Waals surface area contributed by atoms with E-state index in [9.17, 15) is 9.59 Å². The molecule has 1 aliphatic carbocycles. The standard InChI is InChI=1S/C42H49FO4/c1-6-9-13-29-16-18-32(19-17-29)34-24-25-35(33-22-20-31(21-23-33)30-14-11-10-12-15-30)39-38(34)37(46-41(44)27(4)7-2)26-36(43)40(39)47-42(45)28(5)8-3/h16-28,30H,6-15H2,1-5H3. The molecule has 0 bridgehead atoms. The molecule has 2 unspecified atom stereocenters. The van der Waals surface area contributed by atoms with Crippen molar-refractivity contribution in [2.24, 2.45) is 11.8 Å². The minimum atomic E-state index is -0.742. The van der Waals surface area contributed by atoms with Gasteiger partial charge in [-0.3, -0.25) is 9.59 Å². The van der Waals surface area contributed by atoms with E-state index in [-0.39, 0.29) is 17.4 Å². The van der Waals surface area contributed by atoms with E-state index in [1.54, 1.807) is 13.8 Å². The molecule has 0 spiro atoms. The SMILES string of the molecule is CCCCc1ccc(-c2ccc(-c3ccc(C4CCCCC4)cc3)c3c(OC(=O)C(C)CC)c(F)cc(OC(=O)C(C)CC)c23)cc1. The summed E-state index contributed by atoms with van der Waals surface area (Å²) in [6.07, 6.45) is 10.6. The summed E-state index contributed by atoms with van der Waals surface area (Å²) in [7, 11) is 0. The molecule has 1 saturated carbocycles. The summed E-state index contributed by atoms with van der Waals surface area (Å²) in [6, 6.07) is 22.1. The molecule has 5 heteroatoms. The van der Waals surface area contributed by atoms with E-state index >= 15 is 4.39 Å². The molecule has 5 rings (SSSR count). The summed E-state index contributed by atoms with van der Waals surface area (Å²) in [5, 5.41) is 0.969. The molecule has 1 fully saturated rings. The van der Waals surface area contributed by atoms with E-state index in [1.165, 1.54) is 49.3 Å². The van der Waals surface area contributed by atoms with Crippen LogP contribution in [0.4, 0.5) is 4.39 Å². The molecule has 0 radical (unpaired) electrons. The lowest BCUT2D eigenvalue weighted by molar-refractivity contribution is -0.139. The van der Waals surface area contributed by atoms with Gasteiger partial charge in [-0.1, -0.05) is 121 Å². The van der Waals surface area contributed by atoms with Crippen molar-refractivity contribution in [2.45, 2.75) is 105 Å². The summed E-state index contributed by atoms with van der Waals surface area (Å²) >= 11 is 0. The van der Waals surface area contributed by atoms with Gasteiger partial charge in [-0.25, -0.2) is 4.39 Å². The Morgan fingerprint density at radius 2 is 1.30 bits per heavy atom. The number of carbonyl (C=O) groups is 2. The maximum Gasteiger partial charge on any atom is 0.314 e. The lowest BCUT2D eigenvalue weighted by Gasteiger charge is -2.23. The van der Waals surface area contributed by atoms with E-state index in [4.69, 9.17) is 9.47 Å². The van der Waals surface area contributed by atoms with Crippen LogP contribution < -0.4 is 9.47 Å². The topological polar surface area (TPSA) is 52.6 Å². The first-order valence-electron chi connectivity index (χ1n) is 17.7. The summed E-state index contributed by atoms with van der Waals surface area (Å²) in [5.41, 5.74) is 5.83. The molecule has 47 heavy (non-hydrogen) atoms. The predicted octanol–water partition coefficient (Wildman–Crippen LogP) is 11.6. The highest BCUT2D eigenvalue weighted by Gasteiger charge is 2.27. The fraction of sp³-hybridized carbons (Fsp3) is 0.429. The third-order valence-corrected chi connectivity index (χ3v) is 9.98. The Bertz CT molecular complexity index is 1680. The van der Waals surface area contributed by atoms with Gasteiger partial charge in [-0.05, 0) is 77.8 Å². The van der Waals surface area contributed by atoms with Gasteiger partial charge in [0.15, 0.2) is 11.6 Å². The number of carbonyl (C=O) groups excluding carboxylic acids is 2. The molecule has 0 amide bonds. The van der Waals surface area contributed by atoms with Gasteiger partial charge in [0.1, 0.15) is 5.75 Å². The summed E-state index contributed by atoms with van der Waals surface area (Å²) in [6.45, 7) is 9.58. The van der Waals surface area contributed by atoms with E-state index in [0.717, 1.165) is 36.0 Å². The highest BCUT2D eigenvalue weighted by atomic mass is 19.1. The van der Waals surface area contributed by atoms with Crippen LogP contribution in [0.1, 0.15) is 109 Å². The van der Waals surface area contributed by atoms with Crippen LogP contribution in [0.2, 0.25) is 0 Å². The second kappa shape index (κ2) is 15.7. The van der Waals surface area contributed by atoms with Gasteiger partial charge in [-0.15, -0.1) is 0 Å². The molecular formula is C42H49FO4. The number of unbranched alkanes of at least 4 members (excludes halogenated alkanes) is 1. The first kappa shape index (κ1) is 34.3. The zero-order valence-corrected chi connectivity index (χ0v) is 28.7. The van der Waals surface area contributed by atoms with Gasteiger partial charge in [0.25, 0.3) is 0 Å². The monoisotopic (exact) mass is 636 g/mol. The van der Waals surface area contributed by atoms with Crippen LogP contribution in [0, 0.1) is 17.7 Å². The van der Waals surface area contributed by atoms with Gasteiger partial charge in [-0.2, -0.15) is 0 Å². The van der Waals surface area contributed by atoms with Crippen molar-refractivity contribution < 1.29 is 23.5 Å². The fourth-order valence-corrected chi connectivity index (χ4v) is 6.47. The van der Waals surface area contributed by atoms with Crippen molar-refractivity contribution in [1.29, 1.82) is 0 Å². The lowest BCUT2D eigenvalue weighted by Crippen LogP contribution is -2.19. The van der Waals surface area contributed by atoms with Gasteiger partial charge >= 0.3 is 11.9 Å². The molecule has 4 nitrogen and oxygen atoms in total. The van der Waals surface area contributed by atoms with E-state index in [2.05, 4.69) is 55.5 Å². The zero-order chi connectivity index (χ0) is 33.5. The molecule has 1 aliphatic rings. The van der Waals surface area contributed by atoms with Gasteiger partial charge in [0.2, 0.25) is 0 Å². The number of hydrogen-bond donors (Lipinski definition) is 0. The van der Waals surface area contributed by atoms with Crippen LogP contribution >= 0.6 is 0 Å². The minimum absolute atomic E-state index is 0.122. The van der Waals surface area contributed by atoms with Crippen molar-refractivity contribution in [2.75, 3.05) is 0 Å². The number of ether oxygens (including phenoxy) is 2. The van der Waals surface area contributed by atoms with Crippen molar-refractivity contribution in [1.82, 2.24) is 0 Å². The van der Waals surface area contributed by atoms with Crippen LogP contribution in [-0.4, -0.2) is 11.9 Å². The first-order valence-corrected chi connectivity index (χ1v) is 17.7. The Labute approximate surface area is 279 Å². The number of aryl methyl sites for hydroxylation is 1. The van der Waals surface area contributed by atoms with E-state index in [1.807, 2.05) is 26.0 Å². The number of esters is 2. The second-order valence-corrected chi connectivity index (χ2v) is 13.3. The molecular weight excluding hydrogens is 587 g/mol. The van der Waals surface area contributed by atoms with Crippen LogP contribution in [-0.2, 0) is 16.0 Å². The summed E-state index contributed by atoms with van der Waals surface area (Å²) < 4.78 is 28.2. The van der Waals surface area contributed by atoms with E-state index < -0.39 is 23.7 Å². The Morgan fingerprint density at radius 3 is 1.87 bits per heavy atom. The average molecular weight is 637 g/mol. The van der Waals surface area contributed by atoms with Crippen LogP contribution in [0.25, 0.3) is 33.0 Å². The first-order chi connectivity index (χ1) is 22.7. The molecule has 0 aromatic heterocycles. The number of hydrogen-bond acceptors (Lipinski definition) is 4. The third-order valence-electron chi connectivity index (χ3n) is 9.98. The van der Waals surface area contributed by atoms with Crippen molar-refractivity contribution in [3.05, 3.63) is 83.7 Å². The van der Waals surface area contributed by atoms with Crippen molar-refractivity contribution in [3.63, 3.8) is 0 Å². The second-order valence-electron chi connectivity index (χ2n) is 13.3. The zero-order valence-electron chi connectivity index (χ0n) is 28.7. The third kappa shape index (κ3) is 7.77. The maximum atomic E-state index is 16.3. The van der Waals surface area contributed by atoms with Gasteiger partial charge in [0, 0.05) is 16.8 Å². The smallest absolute Gasteiger partial charge is 0.314 e. The van der Waals surface area contributed by atoms with Crippen molar-refractivity contribution in [3.8, 4) is 33.8 Å². The molecule has 0 aliphatic heterocycles. The Morgan fingerprint density at radius 1 is 0.745 bits per heavy atom. The highest BCUT2D eigenvalue weighted by Crippen LogP contribution is 2.47. The van der Waals surface area contributed by atoms with Crippen molar-refractivity contribution >= 4 is 22.7 Å². The highest BCUT2D eigenvalue weighted by molar-refractivity contribution is 6.12. The van der Waals surface area contributed by atoms with Gasteiger partial charge < -0.3 is 9.47 Å². The van der Waals surface area contributed by atoms with Crippen LogP contribution in [0.3, 0.4) is 0 Å². The Kier molecular flexibility index (Phi) is 11.5. The molecule has 2 atom stereocenters. The molecule has 248 valence electrons. The van der Waals surface area contributed by atoms with E-state index in [0.29, 0.717) is 35.1 Å². The molecule has 0 N–H and O–H groups in total. The number of benzene rings is 4. The maximum absolute atomic E-state index is 16.3. The molecule has 0 heterocycles. The lowest BCUT2D eigenvalue weighted by atomic mass is 9.83. The Balaban J connectivity index is 1.75. The largest absolute Gasteiger partial charge is 0.426 e. The van der Waals surface area contributed by atoms with Crippen LogP contribution in [0.15, 0.2) is 66.7 Å². The predicted molar refractivity (Wildman–Crippen MR) is 189 cm³/mol. The summed E-state index contributed by atoms with van der Waals surface area (Å²) in [5.74, 6) is -1.92. The summed E-state index contributed by atoms with van der Waals surface area (Å²) in [4.78, 5) is 26.4.